The molecule has 2 aromatic carbocycles. The molecule has 0 bridgehead atoms. The van der Waals surface area contributed by atoms with Crippen LogP contribution in [-0.2, 0) is 4.79 Å². The molecule has 104 valence electrons. The highest BCUT2D eigenvalue weighted by Crippen LogP contribution is 2.21. The lowest BCUT2D eigenvalue weighted by Gasteiger charge is -2.02. The Morgan fingerprint density at radius 1 is 1.05 bits per heavy atom. The lowest BCUT2D eigenvalue weighted by Crippen LogP contribution is -2.09. The fourth-order valence-electron chi connectivity index (χ4n) is 1.47. The van der Waals surface area contributed by atoms with Crippen molar-refractivity contribution in [1.82, 2.24) is 0 Å². The molecule has 0 saturated carbocycles. The first-order valence-electron chi connectivity index (χ1n) is 6.04. The van der Waals surface area contributed by atoms with Crippen LogP contribution >= 0.6 is 0 Å². The van der Waals surface area contributed by atoms with Crippen molar-refractivity contribution >= 4 is 17.3 Å². The summed E-state index contributed by atoms with van der Waals surface area (Å²) in [5, 5.41) is 25.3. The van der Waals surface area contributed by atoms with Crippen LogP contribution < -0.4 is 4.74 Å². The van der Waals surface area contributed by atoms with Gasteiger partial charge in [0.1, 0.15) is 5.75 Å². The van der Waals surface area contributed by atoms with E-state index < -0.39 is 5.97 Å². The highest BCUT2D eigenvalue weighted by molar-refractivity contribution is 5.68. The van der Waals surface area contributed by atoms with E-state index in [2.05, 4.69) is 10.2 Å². The molecule has 2 aromatic rings. The molecule has 1 N–H and O–H groups in total. The van der Waals surface area contributed by atoms with Gasteiger partial charge >= 0.3 is 5.97 Å². The largest absolute Gasteiger partial charge is 0.482 e. The van der Waals surface area contributed by atoms with Gasteiger partial charge in [0, 0.05) is 0 Å². The summed E-state index contributed by atoms with van der Waals surface area (Å²) in [6, 6.07) is 15.3. The zero-order valence-corrected chi connectivity index (χ0v) is 10.9. The van der Waals surface area contributed by atoms with Gasteiger partial charge in [-0.05, 0) is 48.5 Å². The maximum Gasteiger partial charge on any atom is 0.341 e. The molecule has 21 heavy (non-hydrogen) atoms. The average Bonchev–Trinajstić information content (AvgIpc) is 2.52. The average molecular weight is 281 g/mol. The van der Waals surface area contributed by atoms with Gasteiger partial charge in [0.2, 0.25) is 0 Å². The molecule has 0 spiro atoms. The van der Waals surface area contributed by atoms with Gasteiger partial charge in [0.25, 0.3) is 0 Å². The van der Waals surface area contributed by atoms with Crippen LogP contribution in [0.1, 0.15) is 5.56 Å². The third-order valence-electron chi connectivity index (χ3n) is 2.48. The topological polar surface area (TPSA) is 95.0 Å². The van der Waals surface area contributed by atoms with Gasteiger partial charge in [-0.3, -0.25) is 0 Å². The Morgan fingerprint density at radius 2 is 1.57 bits per heavy atom. The third-order valence-corrected chi connectivity index (χ3v) is 2.48. The molecule has 0 aliphatic rings. The molecule has 0 radical (unpaired) electrons. The van der Waals surface area contributed by atoms with E-state index in [1.807, 2.05) is 6.07 Å². The Hall–Kier alpha value is -3.20. The van der Waals surface area contributed by atoms with Crippen molar-refractivity contribution < 1.29 is 14.6 Å². The SMILES string of the molecule is N#Cc1ccc(N=Nc2ccc(OCC(=O)O)cc2)cc1. The first kappa shape index (κ1) is 14.2. The molecule has 0 fully saturated rings. The minimum atomic E-state index is -1.03. The quantitative estimate of drug-likeness (QED) is 0.849. The normalized spacial score (nSPS) is 10.2. The highest BCUT2D eigenvalue weighted by Gasteiger charge is 1.99. The molecule has 6 nitrogen and oxygen atoms in total. The Kier molecular flexibility index (Phi) is 4.62. The smallest absolute Gasteiger partial charge is 0.341 e. The monoisotopic (exact) mass is 281 g/mol. The second-order valence-corrected chi connectivity index (χ2v) is 4.03. The molecule has 0 aromatic heterocycles. The van der Waals surface area contributed by atoms with Crippen LogP contribution in [0, 0.1) is 11.3 Å². The fourth-order valence-corrected chi connectivity index (χ4v) is 1.47. The van der Waals surface area contributed by atoms with Crippen LogP contribution in [0.4, 0.5) is 11.4 Å². The van der Waals surface area contributed by atoms with Crippen LogP contribution in [-0.4, -0.2) is 17.7 Å². The Balaban J connectivity index is 2.00. The summed E-state index contributed by atoms with van der Waals surface area (Å²) in [6.45, 7) is -0.383. The first-order valence-corrected chi connectivity index (χ1v) is 6.04. The Labute approximate surface area is 120 Å². The number of benzene rings is 2. The van der Waals surface area contributed by atoms with Crippen molar-refractivity contribution in [3.05, 3.63) is 54.1 Å². The molecule has 0 saturated heterocycles. The van der Waals surface area contributed by atoms with Crippen molar-refractivity contribution in [2.45, 2.75) is 0 Å². The number of nitriles is 1. The van der Waals surface area contributed by atoms with Crippen molar-refractivity contribution in [3.8, 4) is 11.8 Å². The molecular formula is C15H11N3O3. The lowest BCUT2D eigenvalue weighted by molar-refractivity contribution is -0.139. The molecule has 2 rings (SSSR count). The minimum absolute atomic E-state index is 0.383. The van der Waals surface area contributed by atoms with Gasteiger partial charge < -0.3 is 9.84 Å². The fraction of sp³-hybridized carbons (Fsp3) is 0.0667. The molecule has 0 atom stereocenters. The van der Waals surface area contributed by atoms with Crippen LogP contribution in [0.15, 0.2) is 58.8 Å². The maximum absolute atomic E-state index is 10.4. The number of ether oxygens (including phenoxy) is 1. The van der Waals surface area contributed by atoms with E-state index in [0.29, 0.717) is 22.7 Å². The first-order chi connectivity index (χ1) is 10.2. The van der Waals surface area contributed by atoms with E-state index in [1.165, 1.54) is 0 Å². The second kappa shape index (κ2) is 6.82. The number of azo groups is 1. The zero-order chi connectivity index (χ0) is 15.1. The van der Waals surface area contributed by atoms with Crippen molar-refractivity contribution in [2.75, 3.05) is 6.61 Å². The molecular weight excluding hydrogens is 270 g/mol. The lowest BCUT2D eigenvalue weighted by atomic mass is 10.2. The van der Waals surface area contributed by atoms with E-state index in [-0.39, 0.29) is 6.61 Å². The molecule has 6 heteroatoms. The van der Waals surface area contributed by atoms with Gasteiger partial charge in [0.15, 0.2) is 6.61 Å². The van der Waals surface area contributed by atoms with Gasteiger partial charge in [-0.15, -0.1) is 0 Å². The Morgan fingerprint density at radius 3 is 2.05 bits per heavy atom. The van der Waals surface area contributed by atoms with E-state index in [1.54, 1.807) is 48.5 Å². The van der Waals surface area contributed by atoms with Crippen LogP contribution in [0.5, 0.6) is 5.75 Å². The summed E-state index contributed by atoms with van der Waals surface area (Å²) in [7, 11) is 0. The molecule has 0 amide bonds. The summed E-state index contributed by atoms with van der Waals surface area (Å²) in [5.41, 5.74) is 1.82. The third kappa shape index (κ3) is 4.44. The predicted octanol–water partition coefficient (Wildman–Crippen LogP) is 3.44. The summed E-state index contributed by atoms with van der Waals surface area (Å²) < 4.78 is 5.01. The standard InChI is InChI=1S/C15H11N3O3/c16-9-11-1-3-12(4-2-11)17-18-13-5-7-14(8-6-13)21-10-15(19)20/h1-8H,10H2,(H,19,20). The summed E-state index contributed by atoms with van der Waals surface area (Å²) in [5.74, 6) is -0.575. The van der Waals surface area contributed by atoms with Crippen molar-refractivity contribution in [3.63, 3.8) is 0 Å². The van der Waals surface area contributed by atoms with E-state index in [9.17, 15) is 4.79 Å². The summed E-state index contributed by atoms with van der Waals surface area (Å²) >= 11 is 0. The number of carboxylic acids is 1. The highest BCUT2D eigenvalue weighted by atomic mass is 16.5. The van der Waals surface area contributed by atoms with Gasteiger partial charge in [0.05, 0.1) is 23.0 Å². The van der Waals surface area contributed by atoms with Gasteiger partial charge in [-0.25, -0.2) is 4.79 Å². The zero-order valence-electron chi connectivity index (χ0n) is 10.9. The van der Waals surface area contributed by atoms with Crippen LogP contribution in [0.25, 0.3) is 0 Å². The van der Waals surface area contributed by atoms with Crippen molar-refractivity contribution in [2.24, 2.45) is 10.2 Å². The van der Waals surface area contributed by atoms with E-state index in [4.69, 9.17) is 15.1 Å². The summed E-state index contributed by atoms with van der Waals surface area (Å²) in [6.07, 6.45) is 0. The minimum Gasteiger partial charge on any atom is -0.482 e. The number of rotatable bonds is 5. The summed E-state index contributed by atoms with van der Waals surface area (Å²) in [4.78, 5) is 10.4. The second-order valence-electron chi connectivity index (χ2n) is 4.03. The van der Waals surface area contributed by atoms with Crippen LogP contribution in [0.2, 0.25) is 0 Å². The van der Waals surface area contributed by atoms with Crippen molar-refractivity contribution in [1.29, 1.82) is 5.26 Å². The number of carboxylic acid groups (broad SMARTS) is 1. The number of carbonyl (C=O) groups is 1. The number of nitrogens with zero attached hydrogens (tertiary/aromatic N) is 3. The maximum atomic E-state index is 10.4. The number of aliphatic carboxylic acids is 1. The predicted molar refractivity (Wildman–Crippen MR) is 74.9 cm³/mol. The van der Waals surface area contributed by atoms with Gasteiger partial charge in [-0.1, -0.05) is 0 Å². The number of hydrogen-bond donors (Lipinski definition) is 1. The van der Waals surface area contributed by atoms with Gasteiger partial charge in [-0.2, -0.15) is 15.5 Å². The van der Waals surface area contributed by atoms with E-state index >= 15 is 0 Å². The number of hydrogen-bond acceptors (Lipinski definition) is 5. The molecule has 0 heterocycles. The van der Waals surface area contributed by atoms with Crippen LogP contribution in [0.3, 0.4) is 0 Å². The molecule has 0 unspecified atom stereocenters. The molecule has 0 aliphatic carbocycles. The van der Waals surface area contributed by atoms with E-state index in [0.717, 1.165) is 0 Å². The Bertz CT molecular complexity index is 686. The molecule has 0 aliphatic heterocycles.